The Labute approximate surface area is 106 Å². The van der Waals surface area contributed by atoms with Gasteiger partial charge in [0.15, 0.2) is 0 Å². The van der Waals surface area contributed by atoms with Crippen LogP contribution in [0.5, 0.6) is 0 Å². The smallest absolute Gasteiger partial charge is 0.141 e. The molecule has 2 aromatic heterocycles. The van der Waals surface area contributed by atoms with Crippen LogP contribution in [0.2, 0.25) is 0 Å². The second-order valence-electron chi connectivity index (χ2n) is 4.66. The Balaban J connectivity index is 2.10. The fourth-order valence-corrected chi connectivity index (χ4v) is 1.69. The SMILES string of the molecule is CC(C)CNCc1cn[nH]c1-c1ccc(F)cn1. The van der Waals surface area contributed by atoms with Crippen LogP contribution in [0.4, 0.5) is 4.39 Å². The van der Waals surface area contributed by atoms with Gasteiger partial charge in [-0.15, -0.1) is 0 Å². The van der Waals surface area contributed by atoms with Crippen molar-refractivity contribution in [2.24, 2.45) is 5.92 Å². The van der Waals surface area contributed by atoms with E-state index in [1.807, 2.05) is 0 Å². The van der Waals surface area contributed by atoms with Gasteiger partial charge in [-0.1, -0.05) is 13.8 Å². The molecule has 4 nitrogen and oxygen atoms in total. The summed E-state index contributed by atoms with van der Waals surface area (Å²) < 4.78 is 12.8. The number of halogens is 1. The third-order valence-corrected chi connectivity index (χ3v) is 2.57. The zero-order chi connectivity index (χ0) is 13.0. The van der Waals surface area contributed by atoms with Gasteiger partial charge in [0.1, 0.15) is 5.82 Å². The number of rotatable bonds is 5. The highest BCUT2D eigenvalue weighted by Gasteiger charge is 2.08. The van der Waals surface area contributed by atoms with Crippen LogP contribution >= 0.6 is 0 Å². The summed E-state index contributed by atoms with van der Waals surface area (Å²) >= 11 is 0. The molecule has 2 rings (SSSR count). The van der Waals surface area contributed by atoms with Crippen molar-refractivity contribution in [3.63, 3.8) is 0 Å². The first-order valence-corrected chi connectivity index (χ1v) is 6.01. The summed E-state index contributed by atoms with van der Waals surface area (Å²) in [5.41, 5.74) is 2.58. The summed E-state index contributed by atoms with van der Waals surface area (Å²) in [5.74, 6) is 0.266. The zero-order valence-electron chi connectivity index (χ0n) is 10.6. The van der Waals surface area contributed by atoms with E-state index in [1.165, 1.54) is 12.3 Å². The second-order valence-corrected chi connectivity index (χ2v) is 4.66. The number of nitrogens with zero attached hydrogens (tertiary/aromatic N) is 2. The first kappa shape index (κ1) is 12.7. The fraction of sp³-hybridized carbons (Fsp3) is 0.385. The maximum Gasteiger partial charge on any atom is 0.141 e. The normalized spacial score (nSPS) is 11.1. The second kappa shape index (κ2) is 5.73. The maximum absolute atomic E-state index is 12.8. The average molecular weight is 248 g/mol. The first-order chi connectivity index (χ1) is 8.66. The molecule has 0 saturated carbocycles. The van der Waals surface area contributed by atoms with Gasteiger partial charge in [-0.3, -0.25) is 10.1 Å². The van der Waals surface area contributed by atoms with Crippen molar-refractivity contribution in [3.05, 3.63) is 35.9 Å². The predicted octanol–water partition coefficient (Wildman–Crippen LogP) is 2.36. The Kier molecular flexibility index (Phi) is 4.04. The minimum Gasteiger partial charge on any atom is -0.312 e. The molecule has 0 aliphatic carbocycles. The van der Waals surface area contributed by atoms with Crippen LogP contribution in [0.15, 0.2) is 24.5 Å². The van der Waals surface area contributed by atoms with Crippen molar-refractivity contribution in [1.82, 2.24) is 20.5 Å². The van der Waals surface area contributed by atoms with E-state index < -0.39 is 0 Å². The third-order valence-electron chi connectivity index (χ3n) is 2.57. The van der Waals surface area contributed by atoms with E-state index >= 15 is 0 Å². The Morgan fingerprint density at radius 2 is 2.17 bits per heavy atom. The lowest BCUT2D eigenvalue weighted by atomic mass is 10.1. The number of hydrogen-bond acceptors (Lipinski definition) is 3. The topological polar surface area (TPSA) is 53.6 Å². The van der Waals surface area contributed by atoms with E-state index in [0.29, 0.717) is 11.6 Å². The molecule has 0 saturated heterocycles. The monoisotopic (exact) mass is 248 g/mol. The zero-order valence-corrected chi connectivity index (χ0v) is 10.6. The number of hydrogen-bond donors (Lipinski definition) is 2. The molecule has 0 unspecified atom stereocenters. The number of aromatic nitrogens is 3. The van der Waals surface area contributed by atoms with Gasteiger partial charge in [0.25, 0.3) is 0 Å². The van der Waals surface area contributed by atoms with Crippen LogP contribution in [0, 0.1) is 11.7 Å². The molecule has 0 aliphatic rings. The van der Waals surface area contributed by atoms with E-state index in [-0.39, 0.29) is 5.82 Å². The molecule has 0 spiro atoms. The van der Waals surface area contributed by atoms with Gasteiger partial charge in [-0.05, 0) is 24.6 Å². The van der Waals surface area contributed by atoms with Crippen LogP contribution < -0.4 is 5.32 Å². The minimum absolute atomic E-state index is 0.335. The highest BCUT2D eigenvalue weighted by molar-refractivity contribution is 5.57. The molecule has 0 aliphatic heterocycles. The Hall–Kier alpha value is -1.75. The average Bonchev–Trinajstić information content (AvgIpc) is 2.78. The molecule has 2 N–H and O–H groups in total. The number of nitrogens with one attached hydrogen (secondary N) is 2. The van der Waals surface area contributed by atoms with Gasteiger partial charge in [0.05, 0.1) is 23.8 Å². The summed E-state index contributed by atoms with van der Waals surface area (Å²) in [7, 11) is 0. The molecule has 0 amide bonds. The molecule has 18 heavy (non-hydrogen) atoms. The standard InChI is InChI=1S/C13H17FN4/c1-9(2)5-15-6-10-7-17-18-13(10)12-4-3-11(14)8-16-12/h3-4,7-9,15H,5-6H2,1-2H3,(H,17,18). The Bertz CT molecular complexity index is 490. The maximum atomic E-state index is 12.8. The lowest BCUT2D eigenvalue weighted by Crippen LogP contribution is -2.19. The van der Waals surface area contributed by atoms with Crippen LogP contribution in [-0.2, 0) is 6.54 Å². The summed E-state index contributed by atoms with van der Waals surface area (Å²) in [5, 5.41) is 10.3. The Morgan fingerprint density at radius 3 is 2.83 bits per heavy atom. The van der Waals surface area contributed by atoms with Crippen LogP contribution in [-0.4, -0.2) is 21.7 Å². The first-order valence-electron chi connectivity index (χ1n) is 6.01. The van der Waals surface area contributed by atoms with Crippen molar-refractivity contribution >= 4 is 0 Å². The third kappa shape index (κ3) is 3.13. The Morgan fingerprint density at radius 1 is 1.33 bits per heavy atom. The molecule has 5 heteroatoms. The predicted molar refractivity (Wildman–Crippen MR) is 68.3 cm³/mol. The number of pyridine rings is 1. The minimum atomic E-state index is -0.335. The van der Waals surface area contributed by atoms with Crippen molar-refractivity contribution in [3.8, 4) is 11.4 Å². The van der Waals surface area contributed by atoms with Crippen molar-refractivity contribution in [2.45, 2.75) is 20.4 Å². The summed E-state index contributed by atoms with van der Waals surface area (Å²) in [6.45, 7) is 5.99. The van der Waals surface area contributed by atoms with Gasteiger partial charge in [0.2, 0.25) is 0 Å². The van der Waals surface area contributed by atoms with Crippen LogP contribution in [0.25, 0.3) is 11.4 Å². The lowest BCUT2D eigenvalue weighted by molar-refractivity contribution is 0.552. The van der Waals surface area contributed by atoms with Crippen LogP contribution in [0.3, 0.4) is 0 Å². The number of aromatic amines is 1. The van der Waals surface area contributed by atoms with E-state index in [4.69, 9.17) is 0 Å². The highest BCUT2D eigenvalue weighted by Crippen LogP contribution is 2.18. The van der Waals surface area contributed by atoms with Crippen LogP contribution in [0.1, 0.15) is 19.4 Å². The van der Waals surface area contributed by atoms with Crippen molar-refractivity contribution < 1.29 is 4.39 Å². The molecule has 0 radical (unpaired) electrons. The van der Waals surface area contributed by atoms with Gasteiger partial charge in [-0.25, -0.2) is 4.39 Å². The largest absolute Gasteiger partial charge is 0.312 e. The van der Waals surface area contributed by atoms with Crippen molar-refractivity contribution in [2.75, 3.05) is 6.54 Å². The molecule has 0 aromatic carbocycles. The lowest BCUT2D eigenvalue weighted by Gasteiger charge is -2.07. The molecule has 96 valence electrons. The fourth-order valence-electron chi connectivity index (χ4n) is 1.69. The number of H-pyrrole nitrogens is 1. The molecular formula is C13H17FN4. The van der Waals surface area contributed by atoms with E-state index in [2.05, 4.69) is 34.3 Å². The highest BCUT2D eigenvalue weighted by atomic mass is 19.1. The molecule has 2 aromatic rings. The molecule has 2 heterocycles. The van der Waals surface area contributed by atoms with E-state index in [9.17, 15) is 4.39 Å². The van der Waals surface area contributed by atoms with Gasteiger partial charge < -0.3 is 5.32 Å². The molecule has 0 atom stereocenters. The molecular weight excluding hydrogens is 231 g/mol. The van der Waals surface area contributed by atoms with Crippen molar-refractivity contribution in [1.29, 1.82) is 0 Å². The molecule has 0 bridgehead atoms. The van der Waals surface area contributed by atoms with E-state index in [1.54, 1.807) is 12.3 Å². The summed E-state index contributed by atoms with van der Waals surface area (Å²) in [6.07, 6.45) is 2.98. The quantitative estimate of drug-likeness (QED) is 0.854. The summed E-state index contributed by atoms with van der Waals surface area (Å²) in [4.78, 5) is 4.05. The van der Waals surface area contributed by atoms with Gasteiger partial charge in [0, 0.05) is 12.1 Å². The van der Waals surface area contributed by atoms with Gasteiger partial charge in [-0.2, -0.15) is 5.10 Å². The molecule has 0 fully saturated rings. The van der Waals surface area contributed by atoms with E-state index in [0.717, 1.165) is 24.3 Å². The summed E-state index contributed by atoms with van der Waals surface area (Å²) in [6, 6.07) is 3.04. The van der Waals surface area contributed by atoms with Gasteiger partial charge >= 0.3 is 0 Å².